The van der Waals surface area contributed by atoms with Gasteiger partial charge in [0, 0.05) is 12.1 Å². The zero-order valence-electron chi connectivity index (χ0n) is 9.26. The fourth-order valence-electron chi connectivity index (χ4n) is 1.46. The van der Waals surface area contributed by atoms with Crippen molar-refractivity contribution >= 4 is 11.9 Å². The highest BCUT2D eigenvalue weighted by Crippen LogP contribution is 2.39. The summed E-state index contributed by atoms with van der Waals surface area (Å²) in [5.74, 6) is -0.230. The second-order valence-electron chi connectivity index (χ2n) is 4.04. The maximum absolute atomic E-state index is 12.6. The molecule has 0 aromatic carbocycles. The number of amides is 1. The average molecular weight is 248 g/mol. The second kappa shape index (κ2) is 4.17. The number of nitrogens with zero attached hydrogens (tertiary/aromatic N) is 3. The highest BCUT2D eigenvalue weighted by Gasteiger charge is 2.29. The van der Waals surface area contributed by atoms with Crippen LogP contribution in [0.4, 0.5) is 10.4 Å². The van der Waals surface area contributed by atoms with E-state index < -0.39 is 11.9 Å². The van der Waals surface area contributed by atoms with Crippen LogP contribution >= 0.6 is 0 Å². The van der Waals surface area contributed by atoms with E-state index in [1.54, 1.807) is 0 Å². The van der Waals surface area contributed by atoms with Crippen molar-refractivity contribution in [2.75, 3.05) is 5.32 Å². The predicted molar refractivity (Wildman–Crippen MR) is 58.4 cm³/mol. The van der Waals surface area contributed by atoms with Gasteiger partial charge < -0.3 is 4.42 Å². The van der Waals surface area contributed by atoms with Gasteiger partial charge in [0.15, 0.2) is 0 Å². The molecule has 0 spiro atoms. The molecule has 0 aliphatic heterocycles. The van der Waals surface area contributed by atoms with Gasteiger partial charge in [0.1, 0.15) is 0 Å². The lowest BCUT2D eigenvalue weighted by atomic mass is 10.3. The molecule has 7 heteroatoms. The van der Waals surface area contributed by atoms with E-state index in [4.69, 9.17) is 4.42 Å². The van der Waals surface area contributed by atoms with Crippen LogP contribution in [0.2, 0.25) is 0 Å². The molecule has 1 aliphatic rings. The number of aromatic nitrogens is 3. The highest BCUT2D eigenvalue weighted by molar-refractivity contribution is 6.02. The van der Waals surface area contributed by atoms with Crippen molar-refractivity contribution in [1.29, 1.82) is 0 Å². The number of hydrogen-bond acceptors (Lipinski definition) is 5. The molecule has 0 saturated heterocycles. The number of nitrogens with one attached hydrogen (secondary N) is 1. The van der Waals surface area contributed by atoms with E-state index in [0.717, 1.165) is 25.1 Å². The molecule has 0 bridgehead atoms. The van der Waals surface area contributed by atoms with Gasteiger partial charge in [-0.3, -0.25) is 10.1 Å². The molecule has 3 rings (SSSR count). The van der Waals surface area contributed by atoms with Gasteiger partial charge in [-0.15, -0.1) is 5.10 Å². The third-order valence-corrected chi connectivity index (χ3v) is 2.58. The number of hydrogen-bond donors (Lipinski definition) is 1. The normalized spacial score (nSPS) is 14.5. The Hall–Kier alpha value is -2.31. The summed E-state index contributed by atoms with van der Waals surface area (Å²) in [6.45, 7) is 0. The molecule has 6 nitrogen and oxygen atoms in total. The lowest BCUT2D eigenvalue weighted by Gasteiger charge is -1.99. The van der Waals surface area contributed by atoms with Gasteiger partial charge in [-0.1, -0.05) is 5.10 Å². The summed E-state index contributed by atoms with van der Waals surface area (Å²) in [6, 6.07) is 2.49. The van der Waals surface area contributed by atoms with Crippen LogP contribution < -0.4 is 5.32 Å². The Bertz CT molecular complexity index is 577. The minimum absolute atomic E-state index is 0.0474. The molecule has 0 unspecified atom stereocenters. The zero-order chi connectivity index (χ0) is 12.5. The molecule has 1 fully saturated rings. The minimum Gasteiger partial charge on any atom is -0.408 e. The van der Waals surface area contributed by atoms with Crippen molar-refractivity contribution < 1.29 is 13.6 Å². The van der Waals surface area contributed by atoms with Crippen LogP contribution in [0.3, 0.4) is 0 Å². The molecule has 1 amide bonds. The largest absolute Gasteiger partial charge is 0.408 e. The van der Waals surface area contributed by atoms with Crippen LogP contribution in [0.25, 0.3) is 0 Å². The topological polar surface area (TPSA) is 80.9 Å². The Morgan fingerprint density at radius 3 is 2.89 bits per heavy atom. The van der Waals surface area contributed by atoms with Gasteiger partial charge in [0.2, 0.25) is 11.8 Å². The molecule has 2 aromatic heterocycles. The molecule has 0 atom stereocenters. The van der Waals surface area contributed by atoms with E-state index in [-0.39, 0.29) is 11.6 Å². The van der Waals surface area contributed by atoms with E-state index in [1.807, 2.05) is 0 Å². The molecule has 1 aliphatic carbocycles. The van der Waals surface area contributed by atoms with Crippen LogP contribution in [0.15, 0.2) is 22.7 Å². The fourth-order valence-corrected chi connectivity index (χ4v) is 1.46. The van der Waals surface area contributed by atoms with Gasteiger partial charge >= 0.3 is 6.01 Å². The summed E-state index contributed by atoms with van der Waals surface area (Å²) in [5, 5.41) is 9.99. The Kier molecular flexibility index (Phi) is 2.51. The van der Waals surface area contributed by atoms with Crippen LogP contribution in [-0.2, 0) is 0 Å². The number of anilines is 1. The van der Waals surface area contributed by atoms with Crippen molar-refractivity contribution in [3.63, 3.8) is 0 Å². The van der Waals surface area contributed by atoms with Crippen molar-refractivity contribution in [2.24, 2.45) is 0 Å². The van der Waals surface area contributed by atoms with E-state index in [0.29, 0.717) is 11.8 Å². The Balaban J connectivity index is 1.70. The van der Waals surface area contributed by atoms with Gasteiger partial charge in [0.05, 0.1) is 5.56 Å². The Labute approximate surface area is 101 Å². The van der Waals surface area contributed by atoms with E-state index >= 15 is 0 Å². The summed E-state index contributed by atoms with van der Waals surface area (Å²) < 4.78 is 17.9. The molecule has 1 saturated carbocycles. The SMILES string of the molecule is O=C(Nc1nnc(C2CC2)o1)c1ccc(F)nc1. The maximum Gasteiger partial charge on any atom is 0.322 e. The summed E-state index contributed by atoms with van der Waals surface area (Å²) >= 11 is 0. The third-order valence-electron chi connectivity index (χ3n) is 2.58. The highest BCUT2D eigenvalue weighted by atomic mass is 19.1. The van der Waals surface area contributed by atoms with E-state index in [9.17, 15) is 9.18 Å². The lowest BCUT2D eigenvalue weighted by Crippen LogP contribution is -2.12. The number of halogens is 1. The first-order valence-corrected chi connectivity index (χ1v) is 5.48. The van der Waals surface area contributed by atoms with Crippen molar-refractivity contribution in [3.8, 4) is 0 Å². The standard InChI is InChI=1S/C11H9FN4O2/c12-8-4-3-7(5-13-8)9(17)14-11-16-15-10(18-11)6-1-2-6/h3-6H,1-2H2,(H,14,16,17). The molecule has 2 heterocycles. The van der Waals surface area contributed by atoms with E-state index in [1.165, 1.54) is 6.07 Å². The van der Waals surface area contributed by atoms with Gasteiger partial charge in [0.25, 0.3) is 5.91 Å². The van der Waals surface area contributed by atoms with Crippen LogP contribution in [0.1, 0.15) is 35.0 Å². The first kappa shape index (κ1) is 10.8. The van der Waals surface area contributed by atoms with Crippen molar-refractivity contribution in [2.45, 2.75) is 18.8 Å². The summed E-state index contributed by atoms with van der Waals surface area (Å²) in [7, 11) is 0. The fraction of sp³-hybridized carbons (Fsp3) is 0.273. The number of pyridine rings is 1. The number of rotatable bonds is 3. The lowest BCUT2D eigenvalue weighted by molar-refractivity contribution is 0.102. The molecule has 18 heavy (non-hydrogen) atoms. The van der Waals surface area contributed by atoms with Gasteiger partial charge in [-0.2, -0.15) is 4.39 Å². The van der Waals surface area contributed by atoms with Crippen molar-refractivity contribution in [1.82, 2.24) is 15.2 Å². The quantitative estimate of drug-likeness (QED) is 0.836. The predicted octanol–water partition coefficient (Wildman–Crippen LogP) is 1.73. The van der Waals surface area contributed by atoms with Gasteiger partial charge in [-0.25, -0.2) is 4.98 Å². The van der Waals surface area contributed by atoms with Crippen molar-refractivity contribution in [3.05, 3.63) is 35.7 Å². The smallest absolute Gasteiger partial charge is 0.322 e. The molecule has 1 N–H and O–H groups in total. The molecular weight excluding hydrogens is 239 g/mol. The molecular formula is C11H9FN4O2. The van der Waals surface area contributed by atoms with Crippen LogP contribution in [-0.4, -0.2) is 21.1 Å². The Morgan fingerprint density at radius 1 is 1.39 bits per heavy atom. The number of carbonyl (C=O) groups is 1. The first-order valence-electron chi connectivity index (χ1n) is 5.48. The summed E-state index contributed by atoms with van der Waals surface area (Å²) in [6.07, 6.45) is 3.22. The zero-order valence-corrected chi connectivity index (χ0v) is 9.26. The summed E-state index contributed by atoms with van der Waals surface area (Å²) in [4.78, 5) is 15.1. The van der Waals surface area contributed by atoms with Crippen LogP contribution in [0, 0.1) is 5.95 Å². The molecule has 2 aromatic rings. The average Bonchev–Trinajstić information content (AvgIpc) is 3.11. The monoisotopic (exact) mass is 248 g/mol. The minimum atomic E-state index is -0.639. The first-order chi connectivity index (χ1) is 8.72. The van der Waals surface area contributed by atoms with E-state index in [2.05, 4.69) is 20.5 Å². The number of carbonyl (C=O) groups excluding carboxylic acids is 1. The van der Waals surface area contributed by atoms with Crippen LogP contribution in [0.5, 0.6) is 0 Å². The molecule has 0 radical (unpaired) electrons. The van der Waals surface area contributed by atoms with Gasteiger partial charge in [-0.05, 0) is 25.0 Å². The third kappa shape index (κ3) is 2.20. The maximum atomic E-state index is 12.6. The second-order valence-corrected chi connectivity index (χ2v) is 4.04. The molecule has 92 valence electrons. The Morgan fingerprint density at radius 2 is 2.22 bits per heavy atom. The summed E-state index contributed by atoms with van der Waals surface area (Å²) in [5.41, 5.74) is 0.225.